The third-order valence-corrected chi connectivity index (χ3v) is 4.37. The fourth-order valence-corrected chi connectivity index (χ4v) is 3.41. The molecule has 0 saturated carbocycles. The summed E-state index contributed by atoms with van der Waals surface area (Å²) in [5, 5.41) is 6.26. The normalized spacial score (nSPS) is 27.1. The molecule has 2 saturated heterocycles. The summed E-state index contributed by atoms with van der Waals surface area (Å²) in [5.41, 5.74) is 1.45. The second kappa shape index (κ2) is 4.08. The first-order valence-corrected chi connectivity index (χ1v) is 6.83. The molecule has 0 amide bonds. The van der Waals surface area contributed by atoms with E-state index in [9.17, 15) is 0 Å². The zero-order valence-corrected chi connectivity index (χ0v) is 10.5. The molecule has 2 heteroatoms. The molecule has 18 heavy (non-hydrogen) atoms. The van der Waals surface area contributed by atoms with Crippen molar-refractivity contribution < 1.29 is 0 Å². The molecule has 0 spiro atoms. The van der Waals surface area contributed by atoms with E-state index in [4.69, 9.17) is 0 Å². The molecule has 0 radical (unpaired) electrons. The maximum Gasteiger partial charge on any atom is 0.0240 e. The van der Waals surface area contributed by atoms with Gasteiger partial charge in [-0.15, -0.1) is 0 Å². The van der Waals surface area contributed by atoms with Crippen molar-refractivity contribution in [3.8, 4) is 0 Å². The molecule has 2 aromatic rings. The molecule has 2 fully saturated rings. The average molecular weight is 238 g/mol. The molecule has 2 aliphatic heterocycles. The van der Waals surface area contributed by atoms with Crippen molar-refractivity contribution in [2.45, 2.75) is 25.0 Å². The lowest BCUT2D eigenvalue weighted by molar-refractivity contribution is 0.218. The van der Waals surface area contributed by atoms with Crippen LogP contribution in [0.2, 0.25) is 0 Å². The Morgan fingerprint density at radius 1 is 1.11 bits per heavy atom. The van der Waals surface area contributed by atoms with E-state index in [0.717, 1.165) is 18.6 Å². The first-order chi connectivity index (χ1) is 8.88. The SMILES string of the molecule is c1ccc2cc(CN3C[C@@H]4C[C@H]3CN4)ccc2c1. The maximum atomic E-state index is 3.56. The fourth-order valence-electron chi connectivity index (χ4n) is 3.41. The van der Waals surface area contributed by atoms with E-state index in [1.807, 2.05) is 0 Å². The molecule has 2 aliphatic rings. The van der Waals surface area contributed by atoms with Gasteiger partial charge in [0.1, 0.15) is 0 Å². The van der Waals surface area contributed by atoms with Gasteiger partial charge in [0, 0.05) is 31.7 Å². The van der Waals surface area contributed by atoms with Crippen molar-refractivity contribution in [2.75, 3.05) is 13.1 Å². The van der Waals surface area contributed by atoms with Gasteiger partial charge in [-0.2, -0.15) is 0 Å². The summed E-state index contributed by atoms with van der Waals surface area (Å²) < 4.78 is 0. The van der Waals surface area contributed by atoms with Crippen molar-refractivity contribution in [1.29, 1.82) is 0 Å². The standard InChI is InChI=1S/C16H18N2/c1-2-4-14-7-12(5-6-13(14)3-1)10-18-11-15-8-16(18)9-17-15/h1-7,15-17H,8-11H2/t15-,16-/m0/s1. The van der Waals surface area contributed by atoms with E-state index in [2.05, 4.69) is 52.7 Å². The highest BCUT2D eigenvalue weighted by Gasteiger charge is 2.37. The molecular weight excluding hydrogens is 220 g/mol. The quantitative estimate of drug-likeness (QED) is 0.864. The molecule has 2 nitrogen and oxygen atoms in total. The second-order valence-corrected chi connectivity index (χ2v) is 5.61. The Balaban J connectivity index is 1.59. The minimum absolute atomic E-state index is 0.746. The molecule has 0 aromatic heterocycles. The van der Waals surface area contributed by atoms with Crippen LogP contribution < -0.4 is 5.32 Å². The predicted octanol–water partition coefficient (Wildman–Crippen LogP) is 2.39. The summed E-state index contributed by atoms with van der Waals surface area (Å²) in [6.07, 6.45) is 1.34. The monoisotopic (exact) mass is 238 g/mol. The molecule has 0 aliphatic carbocycles. The number of fused-ring (bicyclic) bond motifs is 3. The fraction of sp³-hybridized carbons (Fsp3) is 0.375. The predicted molar refractivity (Wildman–Crippen MR) is 74.6 cm³/mol. The molecule has 4 rings (SSSR count). The van der Waals surface area contributed by atoms with Gasteiger partial charge in [0.05, 0.1) is 0 Å². The summed E-state index contributed by atoms with van der Waals surface area (Å²) in [5.74, 6) is 0. The van der Waals surface area contributed by atoms with Crippen molar-refractivity contribution in [2.24, 2.45) is 0 Å². The van der Waals surface area contributed by atoms with E-state index in [0.29, 0.717) is 0 Å². The first kappa shape index (κ1) is 10.5. The van der Waals surface area contributed by atoms with Gasteiger partial charge in [0.2, 0.25) is 0 Å². The number of benzene rings is 2. The molecule has 2 atom stereocenters. The Morgan fingerprint density at radius 3 is 2.78 bits per heavy atom. The number of rotatable bonds is 2. The van der Waals surface area contributed by atoms with Crippen LogP contribution in [0.5, 0.6) is 0 Å². The highest BCUT2D eigenvalue weighted by molar-refractivity contribution is 5.82. The minimum Gasteiger partial charge on any atom is -0.311 e. The second-order valence-electron chi connectivity index (χ2n) is 5.61. The molecule has 0 unspecified atom stereocenters. The summed E-state index contributed by atoms with van der Waals surface area (Å²) in [6.45, 7) is 3.50. The number of hydrogen-bond acceptors (Lipinski definition) is 2. The number of hydrogen-bond donors (Lipinski definition) is 1. The average Bonchev–Trinajstić information content (AvgIpc) is 3.01. The zero-order valence-electron chi connectivity index (χ0n) is 10.5. The van der Waals surface area contributed by atoms with Gasteiger partial charge in [-0.1, -0.05) is 36.4 Å². The van der Waals surface area contributed by atoms with Gasteiger partial charge in [0.25, 0.3) is 0 Å². The topological polar surface area (TPSA) is 15.3 Å². The third-order valence-electron chi connectivity index (χ3n) is 4.37. The van der Waals surface area contributed by atoms with Crippen LogP contribution in [0.4, 0.5) is 0 Å². The lowest BCUT2D eigenvalue weighted by atomic mass is 10.1. The van der Waals surface area contributed by atoms with Crippen molar-refractivity contribution in [3.05, 3.63) is 48.0 Å². The molecule has 2 aromatic carbocycles. The van der Waals surface area contributed by atoms with E-state index >= 15 is 0 Å². The highest BCUT2D eigenvalue weighted by Crippen LogP contribution is 2.26. The smallest absolute Gasteiger partial charge is 0.0240 e. The van der Waals surface area contributed by atoms with Gasteiger partial charge in [-0.25, -0.2) is 0 Å². The minimum atomic E-state index is 0.746. The lowest BCUT2D eigenvalue weighted by Crippen LogP contribution is -2.42. The van der Waals surface area contributed by atoms with Crippen LogP contribution in [-0.4, -0.2) is 30.1 Å². The summed E-state index contributed by atoms with van der Waals surface area (Å²) in [6, 6.07) is 17.0. The van der Waals surface area contributed by atoms with Gasteiger partial charge in [0.15, 0.2) is 0 Å². The van der Waals surface area contributed by atoms with Crippen LogP contribution >= 0.6 is 0 Å². The first-order valence-electron chi connectivity index (χ1n) is 6.83. The van der Waals surface area contributed by atoms with Crippen molar-refractivity contribution in [3.63, 3.8) is 0 Å². The Bertz CT molecular complexity index is 578. The zero-order chi connectivity index (χ0) is 11.9. The third kappa shape index (κ3) is 1.73. The van der Waals surface area contributed by atoms with Gasteiger partial charge in [-0.05, 0) is 28.8 Å². The molecular formula is C16H18N2. The van der Waals surface area contributed by atoms with Crippen LogP contribution in [0, 0.1) is 0 Å². The van der Waals surface area contributed by atoms with Crippen molar-refractivity contribution >= 4 is 10.8 Å². The number of nitrogens with one attached hydrogen (secondary N) is 1. The van der Waals surface area contributed by atoms with E-state index < -0.39 is 0 Å². The van der Waals surface area contributed by atoms with Gasteiger partial charge < -0.3 is 5.32 Å². The van der Waals surface area contributed by atoms with Crippen LogP contribution in [0.3, 0.4) is 0 Å². The van der Waals surface area contributed by atoms with Crippen LogP contribution in [0.25, 0.3) is 10.8 Å². The Hall–Kier alpha value is -1.38. The summed E-state index contributed by atoms with van der Waals surface area (Å²) in [4.78, 5) is 2.63. The Labute approximate surface area is 108 Å². The number of nitrogens with zero attached hydrogens (tertiary/aromatic N) is 1. The Kier molecular flexibility index (Phi) is 2.39. The lowest BCUT2D eigenvalue weighted by Gasteiger charge is -2.27. The van der Waals surface area contributed by atoms with Crippen LogP contribution in [-0.2, 0) is 6.54 Å². The number of likely N-dealkylation sites (tertiary alicyclic amines) is 1. The largest absolute Gasteiger partial charge is 0.311 e. The van der Waals surface area contributed by atoms with E-state index in [-0.39, 0.29) is 0 Å². The molecule has 1 N–H and O–H groups in total. The maximum absolute atomic E-state index is 3.56. The molecule has 92 valence electrons. The van der Waals surface area contributed by atoms with Gasteiger partial charge >= 0.3 is 0 Å². The van der Waals surface area contributed by atoms with E-state index in [1.165, 1.54) is 35.8 Å². The number of piperazine rings is 1. The molecule has 2 bridgehead atoms. The van der Waals surface area contributed by atoms with Crippen LogP contribution in [0.15, 0.2) is 42.5 Å². The van der Waals surface area contributed by atoms with Crippen LogP contribution in [0.1, 0.15) is 12.0 Å². The summed E-state index contributed by atoms with van der Waals surface area (Å²) in [7, 11) is 0. The summed E-state index contributed by atoms with van der Waals surface area (Å²) >= 11 is 0. The van der Waals surface area contributed by atoms with E-state index in [1.54, 1.807) is 0 Å². The van der Waals surface area contributed by atoms with Gasteiger partial charge in [-0.3, -0.25) is 4.90 Å². The van der Waals surface area contributed by atoms with Crippen molar-refractivity contribution in [1.82, 2.24) is 10.2 Å². The Morgan fingerprint density at radius 2 is 2.00 bits per heavy atom. The molecule has 2 heterocycles. The highest BCUT2D eigenvalue weighted by atomic mass is 15.3.